The second-order valence-electron chi connectivity index (χ2n) is 4.95. The highest BCUT2D eigenvalue weighted by Crippen LogP contribution is 2.30. The highest BCUT2D eigenvalue weighted by molar-refractivity contribution is 7.89. The minimum atomic E-state index is -3.65. The van der Waals surface area contributed by atoms with E-state index in [4.69, 9.17) is 11.6 Å². The maximum absolute atomic E-state index is 12.4. The van der Waals surface area contributed by atoms with E-state index in [1.807, 2.05) is 24.3 Å². The van der Waals surface area contributed by atoms with Crippen LogP contribution in [0.3, 0.4) is 0 Å². The molecule has 1 unspecified atom stereocenters. The Balaban J connectivity index is 1.88. The van der Waals surface area contributed by atoms with Crippen molar-refractivity contribution in [3.63, 3.8) is 0 Å². The van der Waals surface area contributed by atoms with Crippen molar-refractivity contribution in [2.75, 3.05) is 0 Å². The Labute approximate surface area is 128 Å². The van der Waals surface area contributed by atoms with Gasteiger partial charge in [0.05, 0.1) is 12.4 Å². The molecule has 0 saturated carbocycles. The Morgan fingerprint density at radius 1 is 1.19 bits per heavy atom. The molecule has 0 bridgehead atoms. The van der Waals surface area contributed by atoms with Crippen LogP contribution in [0.2, 0.25) is 5.28 Å². The molecule has 0 saturated heterocycles. The summed E-state index contributed by atoms with van der Waals surface area (Å²) in [7, 11) is -3.65. The standard InChI is InChI=1S/C14H14ClN3O2S/c15-14-16-8-11(9-17-14)21(19,20)18-13-7-3-5-10-4-1-2-6-12(10)13/h1-2,4,6,8-9,13,18H,3,5,7H2. The van der Waals surface area contributed by atoms with Crippen LogP contribution in [0.25, 0.3) is 0 Å². The van der Waals surface area contributed by atoms with Crippen molar-refractivity contribution in [2.45, 2.75) is 30.2 Å². The third kappa shape index (κ3) is 3.07. The molecule has 21 heavy (non-hydrogen) atoms. The van der Waals surface area contributed by atoms with Crippen LogP contribution >= 0.6 is 11.6 Å². The summed E-state index contributed by atoms with van der Waals surface area (Å²) in [4.78, 5) is 7.46. The number of aromatic nitrogens is 2. The van der Waals surface area contributed by atoms with E-state index >= 15 is 0 Å². The summed E-state index contributed by atoms with van der Waals surface area (Å²) in [6.07, 6.45) is 5.16. The molecule has 0 radical (unpaired) electrons. The van der Waals surface area contributed by atoms with E-state index in [0.29, 0.717) is 0 Å². The summed E-state index contributed by atoms with van der Waals surface area (Å²) >= 11 is 5.58. The van der Waals surface area contributed by atoms with E-state index in [1.165, 1.54) is 18.0 Å². The highest BCUT2D eigenvalue weighted by atomic mass is 35.5. The molecule has 1 heterocycles. The summed E-state index contributed by atoms with van der Waals surface area (Å²) in [5.74, 6) is 0. The minimum Gasteiger partial charge on any atom is -0.225 e. The number of nitrogens with one attached hydrogen (secondary N) is 1. The lowest BCUT2D eigenvalue weighted by Gasteiger charge is -2.26. The van der Waals surface area contributed by atoms with Gasteiger partial charge < -0.3 is 0 Å². The Bertz CT molecular complexity index is 747. The molecule has 1 aromatic heterocycles. The molecule has 1 atom stereocenters. The van der Waals surface area contributed by atoms with Gasteiger partial charge in [-0.15, -0.1) is 0 Å². The van der Waals surface area contributed by atoms with Crippen LogP contribution in [0.1, 0.15) is 30.0 Å². The Morgan fingerprint density at radius 3 is 2.67 bits per heavy atom. The van der Waals surface area contributed by atoms with Crippen LogP contribution in [0, 0.1) is 0 Å². The molecule has 1 aliphatic carbocycles. The number of hydrogen-bond donors (Lipinski definition) is 1. The molecule has 110 valence electrons. The first kappa shape index (κ1) is 14.4. The number of fused-ring (bicyclic) bond motifs is 1. The largest absolute Gasteiger partial charge is 0.244 e. The van der Waals surface area contributed by atoms with Crippen molar-refractivity contribution in [3.8, 4) is 0 Å². The van der Waals surface area contributed by atoms with Gasteiger partial charge in [0.25, 0.3) is 0 Å². The third-order valence-electron chi connectivity index (χ3n) is 3.57. The zero-order valence-electron chi connectivity index (χ0n) is 11.2. The first-order chi connectivity index (χ1) is 10.1. The average molecular weight is 324 g/mol. The van der Waals surface area contributed by atoms with E-state index in [9.17, 15) is 8.42 Å². The minimum absolute atomic E-state index is 0.0231. The van der Waals surface area contributed by atoms with E-state index < -0.39 is 10.0 Å². The zero-order valence-corrected chi connectivity index (χ0v) is 12.7. The molecule has 1 aromatic carbocycles. The molecule has 5 nitrogen and oxygen atoms in total. The molecular formula is C14H14ClN3O2S. The van der Waals surface area contributed by atoms with Crippen molar-refractivity contribution in [1.29, 1.82) is 0 Å². The van der Waals surface area contributed by atoms with Gasteiger partial charge >= 0.3 is 0 Å². The highest BCUT2D eigenvalue weighted by Gasteiger charge is 2.25. The van der Waals surface area contributed by atoms with Crippen LogP contribution in [-0.2, 0) is 16.4 Å². The van der Waals surface area contributed by atoms with Gasteiger partial charge in [0.2, 0.25) is 15.3 Å². The maximum atomic E-state index is 12.4. The first-order valence-electron chi connectivity index (χ1n) is 6.64. The first-order valence-corrected chi connectivity index (χ1v) is 8.50. The molecule has 0 spiro atoms. The van der Waals surface area contributed by atoms with Gasteiger partial charge in [-0.05, 0) is 42.0 Å². The van der Waals surface area contributed by atoms with Gasteiger partial charge in [0.15, 0.2) is 0 Å². The monoisotopic (exact) mass is 323 g/mol. The van der Waals surface area contributed by atoms with Crippen LogP contribution in [0.5, 0.6) is 0 Å². The number of rotatable bonds is 3. The predicted octanol–water partition coefficient (Wildman–Crippen LogP) is 2.49. The van der Waals surface area contributed by atoms with Gasteiger partial charge in [-0.2, -0.15) is 0 Å². The molecule has 0 aliphatic heterocycles. The molecule has 2 aromatic rings. The van der Waals surface area contributed by atoms with Gasteiger partial charge in [-0.1, -0.05) is 24.3 Å². The number of sulfonamides is 1. The molecular weight excluding hydrogens is 310 g/mol. The number of aryl methyl sites for hydroxylation is 1. The van der Waals surface area contributed by atoms with E-state index in [0.717, 1.165) is 24.8 Å². The summed E-state index contributed by atoms with van der Waals surface area (Å²) in [6, 6.07) is 7.71. The fraction of sp³-hybridized carbons (Fsp3) is 0.286. The lowest BCUT2D eigenvalue weighted by Crippen LogP contribution is -2.31. The summed E-state index contributed by atoms with van der Waals surface area (Å²) in [6.45, 7) is 0. The van der Waals surface area contributed by atoms with Crippen LogP contribution < -0.4 is 4.72 Å². The van der Waals surface area contributed by atoms with Crippen molar-refractivity contribution in [3.05, 3.63) is 53.1 Å². The molecule has 0 amide bonds. The SMILES string of the molecule is O=S(=O)(NC1CCCc2ccccc21)c1cnc(Cl)nc1. The second-order valence-corrected chi connectivity index (χ2v) is 7.00. The molecule has 7 heteroatoms. The van der Waals surface area contributed by atoms with E-state index in [-0.39, 0.29) is 16.2 Å². The van der Waals surface area contributed by atoms with Gasteiger partial charge in [-0.25, -0.2) is 23.1 Å². The fourth-order valence-corrected chi connectivity index (χ4v) is 3.81. The summed E-state index contributed by atoms with van der Waals surface area (Å²) < 4.78 is 27.5. The van der Waals surface area contributed by atoms with E-state index in [2.05, 4.69) is 14.7 Å². The lowest BCUT2D eigenvalue weighted by molar-refractivity contribution is 0.507. The summed E-state index contributed by atoms with van der Waals surface area (Å²) in [5.41, 5.74) is 2.24. The van der Waals surface area contributed by atoms with Crippen molar-refractivity contribution < 1.29 is 8.42 Å². The quantitative estimate of drug-likeness (QED) is 0.881. The lowest BCUT2D eigenvalue weighted by atomic mass is 9.88. The number of halogens is 1. The fourth-order valence-electron chi connectivity index (χ4n) is 2.57. The van der Waals surface area contributed by atoms with Gasteiger partial charge in [0.1, 0.15) is 4.90 Å². The normalized spacial score (nSPS) is 18.2. The topological polar surface area (TPSA) is 72.0 Å². The van der Waals surface area contributed by atoms with Crippen molar-refractivity contribution in [1.82, 2.24) is 14.7 Å². The maximum Gasteiger partial charge on any atom is 0.244 e. The molecule has 1 aliphatic rings. The second kappa shape index (κ2) is 5.71. The smallest absolute Gasteiger partial charge is 0.225 e. The molecule has 3 rings (SSSR count). The number of hydrogen-bond acceptors (Lipinski definition) is 4. The number of nitrogens with zero attached hydrogens (tertiary/aromatic N) is 2. The Morgan fingerprint density at radius 2 is 1.90 bits per heavy atom. The van der Waals surface area contributed by atoms with Gasteiger partial charge in [-0.3, -0.25) is 0 Å². The Hall–Kier alpha value is -1.50. The molecule has 1 N–H and O–H groups in total. The number of benzene rings is 1. The van der Waals surface area contributed by atoms with Crippen LogP contribution in [0.4, 0.5) is 0 Å². The Kier molecular flexibility index (Phi) is 3.93. The van der Waals surface area contributed by atoms with Gasteiger partial charge in [0, 0.05) is 6.04 Å². The van der Waals surface area contributed by atoms with Crippen LogP contribution in [0.15, 0.2) is 41.6 Å². The predicted molar refractivity (Wildman–Crippen MR) is 79.5 cm³/mol. The zero-order chi connectivity index (χ0) is 14.9. The third-order valence-corrected chi connectivity index (χ3v) is 5.20. The van der Waals surface area contributed by atoms with E-state index in [1.54, 1.807) is 0 Å². The van der Waals surface area contributed by atoms with Crippen molar-refractivity contribution >= 4 is 21.6 Å². The van der Waals surface area contributed by atoms with Crippen LogP contribution in [-0.4, -0.2) is 18.4 Å². The summed E-state index contributed by atoms with van der Waals surface area (Å²) in [5, 5.41) is 0.0250. The average Bonchev–Trinajstić information content (AvgIpc) is 2.48. The van der Waals surface area contributed by atoms with Crippen molar-refractivity contribution in [2.24, 2.45) is 0 Å². The molecule has 0 fully saturated rings.